The summed E-state index contributed by atoms with van der Waals surface area (Å²) >= 11 is 5.75. The first-order chi connectivity index (χ1) is 10.9. The van der Waals surface area contributed by atoms with Crippen LogP contribution in [0.4, 0.5) is 5.69 Å². The highest BCUT2D eigenvalue weighted by Gasteiger charge is 2.19. The van der Waals surface area contributed by atoms with Gasteiger partial charge in [-0.3, -0.25) is 10.1 Å². The van der Waals surface area contributed by atoms with E-state index in [2.05, 4.69) is 0 Å². The zero-order valence-electron chi connectivity index (χ0n) is 12.8. The largest absolute Gasteiger partial charge is 0.423 e. The Morgan fingerprint density at radius 2 is 2.00 bits per heavy atom. The fraction of sp³-hybridized carbons (Fsp3) is 0.235. The first-order valence-corrected chi connectivity index (χ1v) is 7.56. The predicted octanol–water partition coefficient (Wildman–Crippen LogP) is 4.98. The Bertz CT molecular complexity index is 745. The van der Waals surface area contributed by atoms with Crippen LogP contribution in [0.1, 0.15) is 42.1 Å². The summed E-state index contributed by atoms with van der Waals surface area (Å²) in [7, 11) is 0. The van der Waals surface area contributed by atoms with Gasteiger partial charge in [-0.25, -0.2) is 4.79 Å². The highest BCUT2D eigenvalue weighted by molar-refractivity contribution is 6.32. The number of nitro groups is 1. The third-order valence-corrected chi connectivity index (χ3v) is 3.96. The second-order valence-electron chi connectivity index (χ2n) is 5.16. The number of benzene rings is 2. The van der Waals surface area contributed by atoms with E-state index in [-0.39, 0.29) is 22.2 Å². The molecule has 0 N–H and O–H groups in total. The van der Waals surface area contributed by atoms with E-state index < -0.39 is 10.9 Å². The van der Waals surface area contributed by atoms with E-state index in [1.165, 1.54) is 12.1 Å². The Labute approximate surface area is 139 Å². The third kappa shape index (κ3) is 3.87. The summed E-state index contributed by atoms with van der Waals surface area (Å²) in [5.41, 5.74) is 0.684. The molecule has 0 spiro atoms. The van der Waals surface area contributed by atoms with Crippen LogP contribution in [0, 0.1) is 10.1 Å². The summed E-state index contributed by atoms with van der Waals surface area (Å²) in [6, 6.07) is 11.1. The van der Waals surface area contributed by atoms with Crippen molar-refractivity contribution in [1.29, 1.82) is 0 Å². The van der Waals surface area contributed by atoms with Crippen LogP contribution >= 0.6 is 11.6 Å². The number of carbonyl (C=O) groups is 1. The number of nitro benzene ring substituents is 1. The number of para-hydroxylation sites is 1. The number of hydrogen-bond donors (Lipinski definition) is 0. The highest BCUT2D eigenvalue weighted by Crippen LogP contribution is 2.30. The summed E-state index contributed by atoms with van der Waals surface area (Å²) < 4.78 is 5.42. The molecule has 0 heterocycles. The molecular formula is C17H16ClNO4. The summed E-state index contributed by atoms with van der Waals surface area (Å²) in [5.74, 6) is 0.0449. The average Bonchev–Trinajstić information content (AvgIpc) is 2.54. The zero-order chi connectivity index (χ0) is 17.0. The molecule has 0 fully saturated rings. The van der Waals surface area contributed by atoms with E-state index in [9.17, 15) is 14.9 Å². The van der Waals surface area contributed by atoms with E-state index in [4.69, 9.17) is 16.3 Å². The molecule has 23 heavy (non-hydrogen) atoms. The quantitative estimate of drug-likeness (QED) is 0.335. The van der Waals surface area contributed by atoms with Gasteiger partial charge in [0.1, 0.15) is 10.8 Å². The van der Waals surface area contributed by atoms with Crippen LogP contribution in [0.2, 0.25) is 5.02 Å². The molecule has 0 saturated carbocycles. The van der Waals surface area contributed by atoms with Gasteiger partial charge in [0.2, 0.25) is 0 Å². The maximum Gasteiger partial charge on any atom is 0.343 e. The summed E-state index contributed by atoms with van der Waals surface area (Å²) in [4.78, 5) is 22.5. The molecule has 0 aromatic heterocycles. The molecule has 0 aliphatic heterocycles. The smallest absolute Gasteiger partial charge is 0.343 e. The number of halogens is 1. The number of rotatable bonds is 5. The van der Waals surface area contributed by atoms with Gasteiger partial charge in [0, 0.05) is 6.07 Å². The Kier molecular flexibility index (Phi) is 5.34. The zero-order valence-corrected chi connectivity index (χ0v) is 13.5. The average molecular weight is 334 g/mol. The number of ether oxygens (including phenoxy) is 1. The summed E-state index contributed by atoms with van der Waals surface area (Å²) in [6.45, 7) is 4.09. The van der Waals surface area contributed by atoms with E-state index >= 15 is 0 Å². The van der Waals surface area contributed by atoms with Gasteiger partial charge >= 0.3 is 5.97 Å². The molecule has 0 amide bonds. The molecule has 2 rings (SSSR count). The van der Waals surface area contributed by atoms with Crippen molar-refractivity contribution < 1.29 is 14.5 Å². The molecule has 2 aromatic rings. The molecule has 1 atom stereocenters. The highest BCUT2D eigenvalue weighted by atomic mass is 35.5. The maximum absolute atomic E-state index is 12.3. The molecule has 5 nitrogen and oxygen atoms in total. The van der Waals surface area contributed by atoms with Crippen LogP contribution in [0.25, 0.3) is 0 Å². The maximum atomic E-state index is 12.3. The van der Waals surface area contributed by atoms with Crippen LogP contribution in [0.3, 0.4) is 0 Å². The monoisotopic (exact) mass is 333 g/mol. The van der Waals surface area contributed by atoms with Crippen molar-refractivity contribution in [3.63, 3.8) is 0 Å². The Hall–Kier alpha value is -2.40. The van der Waals surface area contributed by atoms with Crippen molar-refractivity contribution >= 4 is 23.3 Å². The van der Waals surface area contributed by atoms with Gasteiger partial charge in [0.25, 0.3) is 5.69 Å². The van der Waals surface area contributed by atoms with Crippen LogP contribution in [0.5, 0.6) is 5.75 Å². The minimum atomic E-state index is -0.652. The Morgan fingerprint density at radius 1 is 1.30 bits per heavy atom. The third-order valence-electron chi connectivity index (χ3n) is 3.64. The number of nitrogens with zero attached hydrogens (tertiary/aromatic N) is 1. The number of hydrogen-bond acceptors (Lipinski definition) is 4. The van der Waals surface area contributed by atoms with Gasteiger partial charge in [0.05, 0.1) is 10.5 Å². The molecule has 0 aliphatic rings. The molecular weight excluding hydrogens is 318 g/mol. The lowest BCUT2D eigenvalue weighted by Crippen LogP contribution is -2.11. The Balaban J connectivity index is 2.30. The number of carbonyl (C=O) groups excluding carboxylic acids is 1. The van der Waals surface area contributed by atoms with Gasteiger partial charge in [0.15, 0.2) is 0 Å². The minimum Gasteiger partial charge on any atom is -0.423 e. The molecule has 1 unspecified atom stereocenters. The molecule has 0 radical (unpaired) electrons. The molecule has 6 heteroatoms. The number of esters is 1. The summed E-state index contributed by atoms with van der Waals surface area (Å²) in [6.07, 6.45) is 0.904. The van der Waals surface area contributed by atoms with E-state index in [0.29, 0.717) is 5.75 Å². The summed E-state index contributed by atoms with van der Waals surface area (Å²) in [5, 5.41) is 10.9. The van der Waals surface area contributed by atoms with Crippen molar-refractivity contribution in [3.05, 3.63) is 68.7 Å². The van der Waals surface area contributed by atoms with Crippen LogP contribution < -0.4 is 4.74 Å². The SMILES string of the molecule is CCC(C)c1ccccc1OC(=O)c1ccc(Cl)c([N+](=O)[O-])c1. The van der Waals surface area contributed by atoms with Crippen LogP contribution in [-0.2, 0) is 0 Å². The van der Waals surface area contributed by atoms with Crippen molar-refractivity contribution in [2.24, 2.45) is 0 Å². The molecule has 120 valence electrons. The van der Waals surface area contributed by atoms with E-state index in [1.54, 1.807) is 12.1 Å². The predicted molar refractivity (Wildman–Crippen MR) is 88.2 cm³/mol. The second kappa shape index (κ2) is 7.24. The lowest BCUT2D eigenvalue weighted by atomic mass is 9.98. The van der Waals surface area contributed by atoms with Gasteiger partial charge in [-0.2, -0.15) is 0 Å². The molecule has 0 bridgehead atoms. The van der Waals surface area contributed by atoms with E-state index in [1.807, 2.05) is 26.0 Å². The van der Waals surface area contributed by atoms with Crippen LogP contribution in [-0.4, -0.2) is 10.9 Å². The van der Waals surface area contributed by atoms with Crippen molar-refractivity contribution in [2.75, 3.05) is 0 Å². The van der Waals surface area contributed by atoms with Crippen molar-refractivity contribution in [1.82, 2.24) is 0 Å². The van der Waals surface area contributed by atoms with Gasteiger partial charge < -0.3 is 4.74 Å². The van der Waals surface area contributed by atoms with Gasteiger partial charge in [-0.15, -0.1) is 0 Å². The first-order valence-electron chi connectivity index (χ1n) is 7.19. The van der Waals surface area contributed by atoms with Gasteiger partial charge in [-0.1, -0.05) is 43.6 Å². The van der Waals surface area contributed by atoms with E-state index in [0.717, 1.165) is 18.1 Å². The molecule has 2 aromatic carbocycles. The molecule has 0 aliphatic carbocycles. The normalized spacial score (nSPS) is 11.8. The van der Waals surface area contributed by atoms with Gasteiger partial charge in [-0.05, 0) is 36.1 Å². The second-order valence-corrected chi connectivity index (χ2v) is 5.57. The molecule has 0 saturated heterocycles. The standard InChI is InChI=1S/C17H16ClNO4/c1-3-11(2)13-6-4-5-7-16(13)23-17(20)12-8-9-14(18)15(10-12)19(21)22/h4-11H,3H2,1-2H3. The fourth-order valence-corrected chi connectivity index (χ4v) is 2.33. The lowest BCUT2D eigenvalue weighted by Gasteiger charge is -2.14. The first kappa shape index (κ1) is 17.0. The minimum absolute atomic E-state index is 0.0217. The lowest BCUT2D eigenvalue weighted by molar-refractivity contribution is -0.384. The van der Waals surface area contributed by atoms with Crippen molar-refractivity contribution in [3.8, 4) is 5.75 Å². The Morgan fingerprint density at radius 3 is 2.65 bits per heavy atom. The fourth-order valence-electron chi connectivity index (χ4n) is 2.14. The van der Waals surface area contributed by atoms with Crippen LogP contribution in [0.15, 0.2) is 42.5 Å². The van der Waals surface area contributed by atoms with Crippen molar-refractivity contribution in [2.45, 2.75) is 26.2 Å². The topological polar surface area (TPSA) is 69.4 Å².